The normalized spacial score (nSPS) is 15.8. The molecule has 0 amide bonds. The van der Waals surface area contributed by atoms with E-state index >= 15 is 0 Å². The highest BCUT2D eigenvalue weighted by molar-refractivity contribution is 9.10. The van der Waals surface area contributed by atoms with E-state index in [-0.39, 0.29) is 24.5 Å². The fourth-order valence-electron chi connectivity index (χ4n) is 2.06. The third kappa shape index (κ3) is 6.89. The Balaban J connectivity index is 3.17. The molecule has 1 aromatic carbocycles. The lowest BCUT2D eigenvalue weighted by atomic mass is 9.89. The molecule has 25 heavy (non-hydrogen) atoms. The smallest absolute Gasteiger partial charge is 0.308 e. The molecule has 7 heteroatoms. The first-order chi connectivity index (χ1) is 11.3. The van der Waals surface area contributed by atoms with Crippen LogP contribution in [0.1, 0.15) is 53.5 Å². The number of carbonyl (C=O) groups excluding carboxylic acids is 1. The van der Waals surface area contributed by atoms with Crippen LogP contribution in [0.3, 0.4) is 0 Å². The second-order valence-electron chi connectivity index (χ2n) is 7.69. The van der Waals surface area contributed by atoms with Gasteiger partial charge in [-0.05, 0) is 51.8 Å². The van der Waals surface area contributed by atoms with Gasteiger partial charge in [-0.1, -0.05) is 29.8 Å². The van der Waals surface area contributed by atoms with Crippen molar-refractivity contribution in [1.29, 1.82) is 0 Å². The zero-order chi connectivity index (χ0) is 19.4. The molecule has 0 fully saturated rings. The second-order valence-corrected chi connectivity index (χ2v) is 10.6. The van der Waals surface area contributed by atoms with Gasteiger partial charge in [0, 0.05) is 21.4 Å². The van der Waals surface area contributed by atoms with Crippen LogP contribution in [0.2, 0.25) is 0 Å². The van der Waals surface area contributed by atoms with Crippen molar-refractivity contribution in [3.05, 3.63) is 34.1 Å². The molecular weight excluding hydrogens is 409 g/mol. The lowest BCUT2D eigenvalue weighted by Crippen LogP contribution is -2.51. The summed E-state index contributed by atoms with van der Waals surface area (Å²) in [6, 6.07) is 4.49. The minimum atomic E-state index is -1.49. The summed E-state index contributed by atoms with van der Waals surface area (Å²) >= 11 is 1.83. The SMILES string of the molecule is CC(C)COC(=O)C[C@](C)(N[S+]([O-])C(C)(C)C)c1cc(Br)ccc1F. The zero-order valence-electron chi connectivity index (χ0n) is 15.6. The molecule has 1 rings (SSSR count). The average molecular weight is 436 g/mol. The number of carbonyl (C=O) groups is 1. The molecule has 0 saturated carbocycles. The van der Waals surface area contributed by atoms with E-state index in [1.807, 2.05) is 34.6 Å². The van der Waals surface area contributed by atoms with Gasteiger partial charge in [0.15, 0.2) is 0 Å². The van der Waals surface area contributed by atoms with Gasteiger partial charge in [-0.15, -0.1) is 4.72 Å². The summed E-state index contributed by atoms with van der Waals surface area (Å²) in [5.74, 6) is -0.732. The standard InChI is InChI=1S/C18H27BrFNO3S/c1-12(2)11-24-16(22)10-18(6,21-25(23)17(3,4)5)14-9-13(19)7-8-15(14)20/h7-9,12,21H,10-11H2,1-6H3/t18-,25?/m0/s1. The Morgan fingerprint density at radius 1 is 1.36 bits per heavy atom. The lowest BCUT2D eigenvalue weighted by Gasteiger charge is -2.35. The number of ether oxygens (including phenoxy) is 1. The quantitative estimate of drug-likeness (QED) is 0.507. The van der Waals surface area contributed by atoms with Gasteiger partial charge in [0.25, 0.3) is 0 Å². The average Bonchev–Trinajstić information content (AvgIpc) is 2.46. The Hall–Kier alpha value is -0.630. The van der Waals surface area contributed by atoms with Gasteiger partial charge in [-0.2, -0.15) is 0 Å². The van der Waals surface area contributed by atoms with E-state index < -0.39 is 33.4 Å². The highest BCUT2D eigenvalue weighted by Crippen LogP contribution is 2.32. The molecule has 1 N–H and O–H groups in total. The van der Waals surface area contributed by atoms with Gasteiger partial charge in [0.2, 0.25) is 0 Å². The van der Waals surface area contributed by atoms with E-state index in [9.17, 15) is 13.7 Å². The Kier molecular flexibility index (Phi) is 7.93. The predicted molar refractivity (Wildman–Crippen MR) is 103 cm³/mol. The van der Waals surface area contributed by atoms with Gasteiger partial charge in [-0.25, -0.2) is 4.39 Å². The number of esters is 1. The molecule has 0 aliphatic rings. The second kappa shape index (κ2) is 8.84. The summed E-state index contributed by atoms with van der Waals surface area (Å²) in [7, 11) is 0. The Labute approximate surface area is 161 Å². The maximum Gasteiger partial charge on any atom is 0.308 e. The Morgan fingerprint density at radius 3 is 2.48 bits per heavy atom. The first-order valence-electron chi connectivity index (χ1n) is 8.16. The Morgan fingerprint density at radius 2 is 1.96 bits per heavy atom. The molecule has 2 atom stereocenters. The van der Waals surface area contributed by atoms with Crippen LogP contribution < -0.4 is 4.72 Å². The molecule has 0 saturated heterocycles. The number of hydrogen-bond donors (Lipinski definition) is 1. The molecule has 0 aromatic heterocycles. The summed E-state index contributed by atoms with van der Waals surface area (Å²) in [4.78, 5) is 12.3. The van der Waals surface area contributed by atoms with Crippen LogP contribution >= 0.6 is 15.9 Å². The van der Waals surface area contributed by atoms with E-state index in [4.69, 9.17) is 4.74 Å². The first-order valence-corrected chi connectivity index (χ1v) is 10.1. The molecule has 0 aliphatic carbocycles. The highest BCUT2D eigenvalue weighted by Gasteiger charge is 2.41. The summed E-state index contributed by atoms with van der Waals surface area (Å²) < 4.78 is 35.4. The number of halogens is 2. The summed E-state index contributed by atoms with van der Waals surface area (Å²) in [6.45, 7) is 11.3. The van der Waals surface area contributed by atoms with Crippen molar-refractivity contribution in [2.75, 3.05) is 6.61 Å². The monoisotopic (exact) mass is 435 g/mol. The van der Waals surface area contributed by atoms with Crippen molar-refractivity contribution in [3.8, 4) is 0 Å². The van der Waals surface area contributed by atoms with Crippen LogP contribution in [-0.4, -0.2) is 21.9 Å². The topological polar surface area (TPSA) is 61.4 Å². The van der Waals surface area contributed by atoms with E-state index in [2.05, 4.69) is 20.7 Å². The molecule has 0 bridgehead atoms. The molecule has 142 valence electrons. The van der Waals surface area contributed by atoms with E-state index in [0.717, 1.165) is 0 Å². The molecule has 4 nitrogen and oxygen atoms in total. The van der Waals surface area contributed by atoms with Crippen LogP contribution in [0, 0.1) is 11.7 Å². The number of rotatable bonds is 7. The van der Waals surface area contributed by atoms with Crippen molar-refractivity contribution in [2.45, 2.75) is 58.2 Å². The Bertz CT molecular complexity index is 606. The maximum atomic E-state index is 14.5. The van der Waals surface area contributed by atoms with Crippen molar-refractivity contribution in [1.82, 2.24) is 4.72 Å². The summed E-state index contributed by atoms with van der Waals surface area (Å²) in [5, 5.41) is 0. The third-order valence-electron chi connectivity index (χ3n) is 3.47. The maximum absolute atomic E-state index is 14.5. The van der Waals surface area contributed by atoms with Crippen molar-refractivity contribution in [2.24, 2.45) is 5.92 Å². The fraction of sp³-hybridized carbons (Fsp3) is 0.611. The van der Waals surface area contributed by atoms with Crippen molar-refractivity contribution < 1.29 is 18.5 Å². The minimum Gasteiger partial charge on any atom is -0.598 e. The molecule has 0 radical (unpaired) electrons. The van der Waals surface area contributed by atoms with Crippen LogP contribution in [0.4, 0.5) is 4.39 Å². The summed E-state index contributed by atoms with van der Waals surface area (Å²) in [6.07, 6.45) is -0.130. The van der Waals surface area contributed by atoms with Gasteiger partial charge in [0.1, 0.15) is 10.6 Å². The van der Waals surface area contributed by atoms with Crippen molar-refractivity contribution in [3.63, 3.8) is 0 Å². The van der Waals surface area contributed by atoms with Crippen LogP contribution in [-0.2, 0) is 26.4 Å². The third-order valence-corrected chi connectivity index (χ3v) is 5.71. The largest absolute Gasteiger partial charge is 0.598 e. The highest BCUT2D eigenvalue weighted by atomic mass is 79.9. The van der Waals surface area contributed by atoms with Crippen LogP contribution in [0.5, 0.6) is 0 Å². The molecule has 1 unspecified atom stereocenters. The molecule has 1 aromatic rings. The lowest BCUT2D eigenvalue weighted by molar-refractivity contribution is -0.146. The minimum absolute atomic E-state index is 0.130. The zero-order valence-corrected chi connectivity index (χ0v) is 18.0. The van der Waals surface area contributed by atoms with Gasteiger partial charge in [-0.3, -0.25) is 4.79 Å². The van der Waals surface area contributed by atoms with Gasteiger partial charge < -0.3 is 9.29 Å². The molecule has 0 aliphatic heterocycles. The van der Waals surface area contributed by atoms with E-state index in [0.29, 0.717) is 4.47 Å². The molecule has 0 spiro atoms. The van der Waals surface area contributed by atoms with Gasteiger partial charge in [0.05, 0.1) is 18.6 Å². The van der Waals surface area contributed by atoms with Crippen LogP contribution in [0.25, 0.3) is 0 Å². The number of hydrogen-bond acceptors (Lipinski definition) is 4. The predicted octanol–water partition coefficient (Wildman–Crippen LogP) is 4.44. The van der Waals surface area contributed by atoms with Crippen LogP contribution in [0.15, 0.2) is 22.7 Å². The van der Waals surface area contributed by atoms with E-state index in [1.54, 1.807) is 19.1 Å². The first kappa shape index (κ1) is 22.4. The fourth-order valence-corrected chi connectivity index (χ4v) is 3.32. The van der Waals surface area contributed by atoms with Crippen molar-refractivity contribution >= 4 is 33.3 Å². The van der Waals surface area contributed by atoms with E-state index in [1.165, 1.54) is 6.07 Å². The molecular formula is C18H27BrFNO3S. The number of nitrogens with one attached hydrogen (secondary N) is 1. The molecule has 0 heterocycles. The number of benzene rings is 1. The summed E-state index contributed by atoms with van der Waals surface area (Å²) in [5.41, 5.74) is -0.902. The van der Waals surface area contributed by atoms with Gasteiger partial charge >= 0.3 is 5.97 Å².